The molecule has 1 fully saturated rings. The third-order valence-electron chi connectivity index (χ3n) is 4.68. The molecule has 1 unspecified atom stereocenters. The van der Waals surface area contributed by atoms with Crippen LogP contribution in [0.25, 0.3) is 0 Å². The fraction of sp³-hybridized carbons (Fsp3) is 0.471. The van der Waals surface area contributed by atoms with E-state index in [1.54, 1.807) is 6.20 Å². The minimum absolute atomic E-state index is 0.362. The van der Waals surface area contributed by atoms with Crippen molar-refractivity contribution in [1.82, 2.24) is 15.2 Å². The van der Waals surface area contributed by atoms with Crippen LogP contribution in [0.3, 0.4) is 0 Å². The van der Waals surface area contributed by atoms with Gasteiger partial charge in [-0.1, -0.05) is 31.0 Å². The summed E-state index contributed by atoms with van der Waals surface area (Å²) < 4.78 is 0. The van der Waals surface area contributed by atoms with E-state index in [0.29, 0.717) is 18.0 Å². The molecule has 2 aromatic rings. The molecule has 1 N–H and O–H groups in total. The Bertz CT molecular complexity index is 666. The van der Waals surface area contributed by atoms with Gasteiger partial charge < -0.3 is 10.2 Å². The van der Waals surface area contributed by atoms with Gasteiger partial charge in [-0.2, -0.15) is 10.1 Å². The van der Waals surface area contributed by atoms with Gasteiger partial charge in [0.25, 0.3) is 5.95 Å². The highest BCUT2D eigenvalue weighted by atomic mass is 15.4. The second-order valence-electron chi connectivity index (χ2n) is 6.32. The molecule has 0 radical (unpaired) electrons. The van der Waals surface area contributed by atoms with Crippen molar-refractivity contribution in [3.63, 3.8) is 0 Å². The summed E-state index contributed by atoms with van der Waals surface area (Å²) in [6.07, 6.45) is 7.82. The zero-order valence-electron chi connectivity index (χ0n) is 12.9. The maximum Gasteiger partial charge on any atom is 0.252 e. The standard InChI is InChI=1S/C17H21N5/c1-12-10-13-6-2-5-9-15(13)22(12)17-20-16(11-18-21-17)19-14-7-3-4-8-14/h2,5-6,9,11-12,14H,3-4,7-8,10H2,1H3,(H,19,20,21). The van der Waals surface area contributed by atoms with Gasteiger partial charge in [-0.15, -0.1) is 5.10 Å². The Balaban J connectivity index is 1.62. The van der Waals surface area contributed by atoms with Gasteiger partial charge in [0.1, 0.15) is 0 Å². The molecule has 1 saturated carbocycles. The molecule has 1 aromatic heterocycles. The van der Waals surface area contributed by atoms with E-state index in [0.717, 1.165) is 12.2 Å². The molecule has 0 amide bonds. The van der Waals surface area contributed by atoms with E-state index < -0.39 is 0 Å². The molecule has 2 aliphatic rings. The van der Waals surface area contributed by atoms with Crippen molar-refractivity contribution in [2.24, 2.45) is 0 Å². The van der Waals surface area contributed by atoms with Crippen molar-refractivity contribution in [3.8, 4) is 0 Å². The van der Waals surface area contributed by atoms with Crippen molar-refractivity contribution >= 4 is 17.5 Å². The van der Waals surface area contributed by atoms with Gasteiger partial charge in [0.15, 0.2) is 5.82 Å². The number of aromatic nitrogens is 3. The van der Waals surface area contributed by atoms with E-state index in [2.05, 4.69) is 51.6 Å². The van der Waals surface area contributed by atoms with E-state index >= 15 is 0 Å². The van der Waals surface area contributed by atoms with E-state index in [1.165, 1.54) is 36.9 Å². The lowest BCUT2D eigenvalue weighted by Gasteiger charge is -2.22. The van der Waals surface area contributed by atoms with Gasteiger partial charge >= 0.3 is 0 Å². The van der Waals surface area contributed by atoms with Crippen LogP contribution in [0.1, 0.15) is 38.2 Å². The predicted octanol–water partition coefficient (Wildman–Crippen LogP) is 3.31. The smallest absolute Gasteiger partial charge is 0.252 e. The van der Waals surface area contributed by atoms with E-state index in [1.807, 2.05) is 0 Å². The Labute approximate surface area is 130 Å². The predicted molar refractivity (Wildman–Crippen MR) is 87.5 cm³/mol. The van der Waals surface area contributed by atoms with Crippen molar-refractivity contribution in [3.05, 3.63) is 36.0 Å². The Morgan fingerprint density at radius 2 is 2.00 bits per heavy atom. The lowest BCUT2D eigenvalue weighted by Crippen LogP contribution is -2.27. The van der Waals surface area contributed by atoms with Gasteiger partial charge in [0.05, 0.1) is 6.20 Å². The fourth-order valence-electron chi connectivity index (χ4n) is 3.62. The number of fused-ring (bicyclic) bond motifs is 1. The minimum atomic E-state index is 0.362. The summed E-state index contributed by atoms with van der Waals surface area (Å²) in [6, 6.07) is 9.37. The summed E-state index contributed by atoms with van der Waals surface area (Å²) in [4.78, 5) is 6.91. The second-order valence-corrected chi connectivity index (χ2v) is 6.32. The Morgan fingerprint density at radius 1 is 1.18 bits per heavy atom. The van der Waals surface area contributed by atoms with Crippen LogP contribution in [0.15, 0.2) is 30.5 Å². The normalized spacial score (nSPS) is 21.1. The molecule has 114 valence electrons. The Hall–Kier alpha value is -2.17. The monoisotopic (exact) mass is 295 g/mol. The van der Waals surface area contributed by atoms with Crippen LogP contribution in [0, 0.1) is 0 Å². The zero-order chi connectivity index (χ0) is 14.9. The number of hydrogen-bond acceptors (Lipinski definition) is 5. The number of nitrogens with one attached hydrogen (secondary N) is 1. The largest absolute Gasteiger partial charge is 0.366 e. The molecule has 1 atom stereocenters. The molecule has 2 heterocycles. The SMILES string of the molecule is CC1Cc2ccccc2N1c1nncc(NC2CCCC2)n1. The topological polar surface area (TPSA) is 53.9 Å². The lowest BCUT2D eigenvalue weighted by molar-refractivity contribution is 0.720. The van der Waals surface area contributed by atoms with Gasteiger partial charge in [0.2, 0.25) is 0 Å². The number of hydrogen-bond donors (Lipinski definition) is 1. The first-order chi connectivity index (χ1) is 10.8. The fourth-order valence-corrected chi connectivity index (χ4v) is 3.62. The number of anilines is 3. The van der Waals surface area contributed by atoms with Crippen LogP contribution in [-0.4, -0.2) is 27.3 Å². The Morgan fingerprint density at radius 3 is 2.86 bits per heavy atom. The summed E-state index contributed by atoms with van der Waals surface area (Å²) in [7, 11) is 0. The molecule has 5 heteroatoms. The maximum absolute atomic E-state index is 4.71. The molecule has 5 nitrogen and oxygen atoms in total. The summed E-state index contributed by atoms with van der Waals surface area (Å²) in [5, 5.41) is 11.9. The quantitative estimate of drug-likeness (QED) is 0.941. The van der Waals surface area contributed by atoms with Gasteiger partial charge in [-0.25, -0.2) is 0 Å². The molecule has 22 heavy (non-hydrogen) atoms. The molecule has 4 rings (SSSR count). The zero-order valence-corrected chi connectivity index (χ0v) is 12.9. The average molecular weight is 295 g/mol. The van der Waals surface area contributed by atoms with E-state index in [-0.39, 0.29) is 0 Å². The average Bonchev–Trinajstić information content (AvgIpc) is 3.14. The first-order valence-electron chi connectivity index (χ1n) is 8.14. The molecule has 1 aliphatic heterocycles. The van der Waals surface area contributed by atoms with Crippen LogP contribution in [-0.2, 0) is 6.42 Å². The summed E-state index contributed by atoms with van der Waals surface area (Å²) >= 11 is 0. The van der Waals surface area contributed by atoms with Gasteiger partial charge in [-0.3, -0.25) is 0 Å². The molecular formula is C17H21N5. The number of benzene rings is 1. The Kier molecular flexibility index (Phi) is 3.41. The summed E-state index contributed by atoms with van der Waals surface area (Å²) in [5.41, 5.74) is 2.56. The van der Waals surface area contributed by atoms with Crippen LogP contribution >= 0.6 is 0 Å². The molecule has 1 aliphatic carbocycles. The number of rotatable bonds is 3. The third-order valence-corrected chi connectivity index (χ3v) is 4.68. The molecule has 1 aromatic carbocycles. The summed E-state index contributed by atoms with van der Waals surface area (Å²) in [5.74, 6) is 1.54. The van der Waals surface area contributed by atoms with Crippen molar-refractivity contribution in [2.45, 2.75) is 51.1 Å². The van der Waals surface area contributed by atoms with E-state index in [9.17, 15) is 0 Å². The van der Waals surface area contributed by atoms with E-state index in [4.69, 9.17) is 4.98 Å². The first-order valence-corrected chi connectivity index (χ1v) is 8.14. The second kappa shape index (κ2) is 5.55. The van der Waals surface area contributed by atoms with Crippen LogP contribution in [0.5, 0.6) is 0 Å². The van der Waals surface area contributed by atoms with Crippen LogP contribution in [0.4, 0.5) is 17.5 Å². The molecular weight excluding hydrogens is 274 g/mol. The highest BCUT2D eigenvalue weighted by Crippen LogP contribution is 2.36. The molecule has 0 saturated heterocycles. The highest BCUT2D eigenvalue weighted by Gasteiger charge is 2.29. The van der Waals surface area contributed by atoms with Crippen molar-refractivity contribution < 1.29 is 0 Å². The van der Waals surface area contributed by atoms with Gasteiger partial charge in [-0.05, 0) is 37.8 Å². The van der Waals surface area contributed by atoms with Crippen LogP contribution in [0.2, 0.25) is 0 Å². The maximum atomic E-state index is 4.71. The van der Waals surface area contributed by atoms with Crippen molar-refractivity contribution in [1.29, 1.82) is 0 Å². The number of nitrogens with zero attached hydrogens (tertiary/aromatic N) is 4. The number of para-hydroxylation sites is 1. The van der Waals surface area contributed by atoms with Crippen molar-refractivity contribution in [2.75, 3.05) is 10.2 Å². The minimum Gasteiger partial charge on any atom is -0.366 e. The first kappa shape index (κ1) is 13.5. The summed E-state index contributed by atoms with van der Waals surface area (Å²) in [6.45, 7) is 2.21. The van der Waals surface area contributed by atoms with Crippen LogP contribution < -0.4 is 10.2 Å². The third kappa shape index (κ3) is 2.40. The highest BCUT2D eigenvalue weighted by molar-refractivity contribution is 5.67. The molecule has 0 bridgehead atoms. The van der Waals surface area contributed by atoms with Gasteiger partial charge in [0, 0.05) is 17.8 Å². The molecule has 0 spiro atoms. The lowest BCUT2D eigenvalue weighted by atomic mass is 10.1.